The minimum atomic E-state index is 0. The normalized spacial score (nSPS) is 8.25. The van der Waals surface area contributed by atoms with Crippen LogP contribution in [0, 0.1) is 0 Å². The minimum Gasteiger partial charge on any atom is -0.394 e. The van der Waals surface area contributed by atoms with E-state index in [4.69, 9.17) is 10.2 Å². The van der Waals surface area contributed by atoms with Gasteiger partial charge >= 0.3 is 0 Å². The fourth-order valence-electron chi connectivity index (χ4n) is 0.231. The third-order valence-electron chi connectivity index (χ3n) is 0.471. The molecule has 0 amide bonds. The second-order valence-corrected chi connectivity index (χ2v) is 1.06. The molecule has 0 heterocycles. The number of ether oxygens (including phenoxy) is 1. The molecule has 0 radical (unpaired) electrons. The van der Waals surface area contributed by atoms with Crippen LogP contribution in [0.5, 0.6) is 0 Å². The van der Waals surface area contributed by atoms with E-state index < -0.39 is 0 Å². The first kappa shape index (κ1) is 11.4. The van der Waals surface area contributed by atoms with Crippen molar-refractivity contribution in [3.8, 4) is 0 Å². The van der Waals surface area contributed by atoms with Gasteiger partial charge in [0.2, 0.25) is 0 Å². The molecule has 0 aromatic rings. The van der Waals surface area contributed by atoms with E-state index in [2.05, 4.69) is 4.74 Å². The van der Waals surface area contributed by atoms with Gasteiger partial charge in [-0.15, -0.1) is 0 Å². The maximum absolute atomic E-state index is 8.09. The molecule has 3 nitrogen and oxygen atoms in total. The van der Waals surface area contributed by atoms with Crippen molar-refractivity contribution in [2.75, 3.05) is 26.4 Å². The Morgan fingerprint density at radius 1 is 1.00 bits per heavy atom. The molecule has 0 aromatic carbocycles. The molecule has 0 aliphatic heterocycles. The Hall–Kier alpha value is 0.568. The van der Waals surface area contributed by atoms with Gasteiger partial charge in [0, 0.05) is 21.1 Å². The van der Waals surface area contributed by atoms with E-state index in [1.165, 1.54) is 0 Å². The van der Waals surface area contributed by atoms with Crippen LogP contribution in [0.1, 0.15) is 0 Å². The molecule has 0 spiro atoms. The van der Waals surface area contributed by atoms with E-state index in [1.54, 1.807) is 0 Å². The largest absolute Gasteiger partial charge is 0.394 e. The molecule has 0 rings (SSSR count). The predicted octanol–water partition coefficient (Wildman–Crippen LogP) is -1.01. The maximum Gasteiger partial charge on any atom is 0.0698 e. The fourth-order valence-corrected chi connectivity index (χ4v) is 0.231. The molecule has 50 valence electrons. The van der Waals surface area contributed by atoms with Crippen LogP contribution in [0.3, 0.4) is 0 Å². The molecule has 2 N–H and O–H groups in total. The van der Waals surface area contributed by atoms with E-state index in [-0.39, 0.29) is 34.3 Å². The summed E-state index contributed by atoms with van der Waals surface area (Å²) in [5.41, 5.74) is 0. The summed E-state index contributed by atoms with van der Waals surface area (Å²) < 4.78 is 4.63. The van der Waals surface area contributed by atoms with Gasteiger partial charge in [-0.2, -0.15) is 0 Å². The van der Waals surface area contributed by atoms with Crippen molar-refractivity contribution in [3.05, 3.63) is 0 Å². The first-order chi connectivity index (χ1) is 3.41. The summed E-state index contributed by atoms with van der Waals surface area (Å²) in [4.78, 5) is 0. The zero-order chi connectivity index (χ0) is 5.54. The Morgan fingerprint density at radius 3 is 1.62 bits per heavy atom. The SMILES string of the molecule is OCCOCCO.[Mo]. The maximum atomic E-state index is 8.09. The first-order valence-electron chi connectivity index (χ1n) is 2.21. The van der Waals surface area contributed by atoms with Crippen molar-refractivity contribution in [1.29, 1.82) is 0 Å². The Balaban J connectivity index is 0. The van der Waals surface area contributed by atoms with Crippen LogP contribution in [0.25, 0.3) is 0 Å². The van der Waals surface area contributed by atoms with Gasteiger partial charge in [0.25, 0.3) is 0 Å². The topological polar surface area (TPSA) is 49.7 Å². The van der Waals surface area contributed by atoms with Gasteiger partial charge in [0.05, 0.1) is 26.4 Å². The van der Waals surface area contributed by atoms with E-state index in [1.807, 2.05) is 0 Å². The minimum absolute atomic E-state index is 0. The zero-order valence-corrected chi connectivity index (χ0v) is 6.55. The van der Waals surface area contributed by atoms with E-state index in [9.17, 15) is 0 Å². The molecule has 8 heavy (non-hydrogen) atoms. The molecule has 0 fully saturated rings. The Morgan fingerprint density at radius 2 is 1.38 bits per heavy atom. The molecule has 4 heteroatoms. The average Bonchev–Trinajstić information content (AvgIpc) is 1.69. The van der Waals surface area contributed by atoms with Crippen LogP contribution in [0.15, 0.2) is 0 Å². The second kappa shape index (κ2) is 10.5. The van der Waals surface area contributed by atoms with Crippen molar-refractivity contribution in [2.45, 2.75) is 0 Å². The van der Waals surface area contributed by atoms with Gasteiger partial charge in [0.1, 0.15) is 0 Å². The standard InChI is InChI=1S/C4H10O3.Mo/c5-1-3-7-4-2-6;/h5-6H,1-4H2;. The summed E-state index contributed by atoms with van der Waals surface area (Å²) in [5, 5.41) is 16.2. The predicted molar refractivity (Wildman–Crippen MR) is 25.0 cm³/mol. The van der Waals surface area contributed by atoms with Gasteiger partial charge in [-0.3, -0.25) is 0 Å². The zero-order valence-electron chi connectivity index (χ0n) is 4.54. The summed E-state index contributed by atoms with van der Waals surface area (Å²) in [6.45, 7) is 0.696. The number of rotatable bonds is 4. The van der Waals surface area contributed by atoms with Crippen LogP contribution in [-0.4, -0.2) is 36.6 Å². The summed E-state index contributed by atoms with van der Waals surface area (Å²) in [5.74, 6) is 0. The van der Waals surface area contributed by atoms with Crippen molar-refractivity contribution < 1.29 is 36.0 Å². The molecule has 0 aliphatic rings. The van der Waals surface area contributed by atoms with Crippen molar-refractivity contribution in [1.82, 2.24) is 0 Å². The monoisotopic (exact) mass is 204 g/mol. The molecule has 0 aromatic heterocycles. The van der Waals surface area contributed by atoms with E-state index in [0.717, 1.165) is 0 Å². The van der Waals surface area contributed by atoms with Crippen molar-refractivity contribution in [3.63, 3.8) is 0 Å². The van der Waals surface area contributed by atoms with Gasteiger partial charge in [-0.25, -0.2) is 0 Å². The Bertz CT molecular complexity index is 30.5. The van der Waals surface area contributed by atoms with Gasteiger partial charge in [0.15, 0.2) is 0 Å². The molecular weight excluding hydrogens is 192 g/mol. The number of hydrogen-bond acceptors (Lipinski definition) is 3. The van der Waals surface area contributed by atoms with Gasteiger partial charge < -0.3 is 14.9 Å². The first-order valence-corrected chi connectivity index (χ1v) is 2.21. The molecule has 0 aliphatic carbocycles. The van der Waals surface area contributed by atoms with E-state index >= 15 is 0 Å². The van der Waals surface area contributed by atoms with E-state index in [0.29, 0.717) is 13.2 Å². The number of aliphatic hydroxyl groups excluding tert-OH is 2. The molecule has 0 saturated heterocycles. The van der Waals surface area contributed by atoms with Gasteiger partial charge in [-0.05, 0) is 0 Å². The summed E-state index contributed by atoms with van der Waals surface area (Å²) in [6.07, 6.45) is 0. The summed E-state index contributed by atoms with van der Waals surface area (Å²) >= 11 is 0. The van der Waals surface area contributed by atoms with Crippen LogP contribution in [-0.2, 0) is 25.8 Å². The third kappa shape index (κ3) is 9.76. The third-order valence-corrected chi connectivity index (χ3v) is 0.471. The summed E-state index contributed by atoms with van der Waals surface area (Å²) in [6, 6.07) is 0. The van der Waals surface area contributed by atoms with Gasteiger partial charge in [-0.1, -0.05) is 0 Å². The molecule has 0 bridgehead atoms. The van der Waals surface area contributed by atoms with Crippen molar-refractivity contribution in [2.24, 2.45) is 0 Å². The molecular formula is C4H10MoO3. The molecule has 0 saturated carbocycles. The average molecular weight is 202 g/mol. The van der Waals surface area contributed by atoms with Crippen molar-refractivity contribution >= 4 is 0 Å². The quantitative estimate of drug-likeness (QED) is 0.453. The van der Waals surface area contributed by atoms with Crippen LogP contribution in [0.2, 0.25) is 0 Å². The second-order valence-electron chi connectivity index (χ2n) is 1.06. The smallest absolute Gasteiger partial charge is 0.0698 e. The Labute approximate surface area is 62.9 Å². The summed E-state index contributed by atoms with van der Waals surface area (Å²) in [7, 11) is 0. The van der Waals surface area contributed by atoms with Crippen LogP contribution >= 0.6 is 0 Å². The fraction of sp³-hybridized carbons (Fsp3) is 1.00. The number of hydrogen-bond donors (Lipinski definition) is 2. The van der Waals surface area contributed by atoms with Crippen LogP contribution < -0.4 is 0 Å². The number of aliphatic hydroxyl groups is 2. The Kier molecular flexibility index (Phi) is 15.0. The van der Waals surface area contributed by atoms with Crippen LogP contribution in [0.4, 0.5) is 0 Å². The molecule has 0 atom stereocenters. The molecule has 0 unspecified atom stereocenters.